The summed E-state index contributed by atoms with van der Waals surface area (Å²) < 4.78 is 17.0. The highest BCUT2D eigenvalue weighted by Crippen LogP contribution is 2.35. The van der Waals surface area contributed by atoms with Crippen molar-refractivity contribution in [1.29, 1.82) is 0 Å². The van der Waals surface area contributed by atoms with Gasteiger partial charge in [0, 0.05) is 44.7 Å². The van der Waals surface area contributed by atoms with Crippen molar-refractivity contribution in [3.05, 3.63) is 46.2 Å². The molecule has 1 aromatic carbocycles. The number of pyridine rings is 1. The Bertz CT molecular complexity index is 1090. The van der Waals surface area contributed by atoms with Gasteiger partial charge in [0.1, 0.15) is 22.8 Å². The number of amides is 1. The zero-order valence-electron chi connectivity index (χ0n) is 19.7. The molecule has 1 saturated heterocycles. The lowest BCUT2D eigenvalue weighted by atomic mass is 10.1. The van der Waals surface area contributed by atoms with Crippen LogP contribution >= 0.6 is 11.3 Å². The molecule has 33 heavy (non-hydrogen) atoms. The van der Waals surface area contributed by atoms with E-state index in [2.05, 4.69) is 6.07 Å². The molecule has 2 aromatic heterocycles. The first kappa shape index (κ1) is 23.3. The van der Waals surface area contributed by atoms with Crippen LogP contribution in [-0.4, -0.2) is 63.4 Å². The summed E-state index contributed by atoms with van der Waals surface area (Å²) in [6.07, 6.45) is 2.46. The molecule has 0 saturated carbocycles. The minimum atomic E-state index is 0.0716. The minimum absolute atomic E-state index is 0.0716. The van der Waals surface area contributed by atoms with Crippen LogP contribution in [0.5, 0.6) is 11.5 Å². The molecule has 8 heteroatoms. The number of nitrogens with zero attached hydrogens (tertiary/aromatic N) is 3. The maximum atomic E-state index is 13.4. The lowest BCUT2D eigenvalue weighted by molar-refractivity contribution is -0.132. The van der Waals surface area contributed by atoms with E-state index in [9.17, 15) is 4.79 Å². The highest BCUT2D eigenvalue weighted by molar-refractivity contribution is 7.08. The molecular weight excluding hydrogens is 438 g/mol. The molecule has 3 aromatic rings. The molecule has 1 atom stereocenters. The number of carbonyl (C=O) groups is 1. The molecule has 4 rings (SSSR count). The van der Waals surface area contributed by atoms with Crippen molar-refractivity contribution in [3.8, 4) is 11.5 Å². The number of benzene rings is 1. The topological polar surface area (TPSA) is 64.1 Å². The molecule has 176 valence electrons. The van der Waals surface area contributed by atoms with E-state index >= 15 is 0 Å². The van der Waals surface area contributed by atoms with Gasteiger partial charge in [-0.2, -0.15) is 11.3 Å². The number of hydrogen-bond acceptors (Lipinski definition) is 7. The van der Waals surface area contributed by atoms with Crippen LogP contribution < -0.4 is 14.4 Å². The third kappa shape index (κ3) is 5.23. The number of thiophene rings is 1. The molecule has 0 N–H and O–H groups in total. The minimum Gasteiger partial charge on any atom is -0.496 e. The summed E-state index contributed by atoms with van der Waals surface area (Å²) in [4.78, 5) is 22.2. The number of fused-ring (bicyclic) bond motifs is 1. The summed E-state index contributed by atoms with van der Waals surface area (Å²) in [5.74, 6) is 2.30. The second-order valence-corrected chi connectivity index (χ2v) is 9.23. The van der Waals surface area contributed by atoms with Gasteiger partial charge in [-0.3, -0.25) is 4.79 Å². The van der Waals surface area contributed by atoms with Gasteiger partial charge < -0.3 is 24.0 Å². The van der Waals surface area contributed by atoms with Crippen LogP contribution in [0.15, 0.2) is 35.0 Å². The van der Waals surface area contributed by atoms with Gasteiger partial charge in [-0.05, 0) is 53.4 Å². The third-order valence-corrected chi connectivity index (χ3v) is 6.66. The van der Waals surface area contributed by atoms with Crippen LogP contribution in [-0.2, 0) is 22.5 Å². The van der Waals surface area contributed by atoms with Gasteiger partial charge in [0.05, 0.1) is 26.7 Å². The lowest BCUT2D eigenvalue weighted by Gasteiger charge is -2.28. The lowest BCUT2D eigenvalue weighted by Crippen LogP contribution is -2.38. The van der Waals surface area contributed by atoms with E-state index in [1.165, 1.54) is 0 Å². The predicted molar refractivity (Wildman–Crippen MR) is 132 cm³/mol. The van der Waals surface area contributed by atoms with Crippen molar-refractivity contribution < 1.29 is 19.0 Å². The van der Waals surface area contributed by atoms with Crippen molar-refractivity contribution in [3.63, 3.8) is 0 Å². The Hall–Kier alpha value is -2.84. The number of hydrogen-bond donors (Lipinski definition) is 0. The first-order chi connectivity index (χ1) is 16.0. The molecule has 0 aliphatic carbocycles. The molecule has 0 bridgehead atoms. The van der Waals surface area contributed by atoms with Gasteiger partial charge in [-0.25, -0.2) is 4.98 Å². The Morgan fingerprint density at radius 1 is 1.21 bits per heavy atom. The molecule has 0 radical (unpaired) electrons. The molecular formula is C25H31N3O4S. The van der Waals surface area contributed by atoms with Gasteiger partial charge >= 0.3 is 0 Å². The van der Waals surface area contributed by atoms with Gasteiger partial charge in [0.2, 0.25) is 5.91 Å². The van der Waals surface area contributed by atoms with Crippen LogP contribution in [0.2, 0.25) is 0 Å². The fraction of sp³-hybridized carbons (Fsp3) is 0.440. The van der Waals surface area contributed by atoms with Gasteiger partial charge in [-0.15, -0.1) is 0 Å². The zero-order chi connectivity index (χ0) is 23.4. The maximum Gasteiger partial charge on any atom is 0.227 e. The molecule has 0 spiro atoms. The first-order valence-electron chi connectivity index (χ1n) is 11.1. The van der Waals surface area contributed by atoms with E-state index in [-0.39, 0.29) is 12.0 Å². The number of ether oxygens (including phenoxy) is 3. The van der Waals surface area contributed by atoms with Crippen molar-refractivity contribution in [2.45, 2.75) is 31.9 Å². The van der Waals surface area contributed by atoms with E-state index in [0.717, 1.165) is 53.0 Å². The van der Waals surface area contributed by atoms with Gasteiger partial charge in [0.25, 0.3) is 0 Å². The Labute approximate surface area is 198 Å². The van der Waals surface area contributed by atoms with Gasteiger partial charge in [0.15, 0.2) is 0 Å². The fourth-order valence-electron chi connectivity index (χ4n) is 4.26. The monoisotopic (exact) mass is 469 g/mol. The summed E-state index contributed by atoms with van der Waals surface area (Å²) in [6.45, 7) is 1.78. The van der Waals surface area contributed by atoms with Gasteiger partial charge in [-0.1, -0.05) is 0 Å². The maximum absolute atomic E-state index is 13.4. The number of anilines is 1. The summed E-state index contributed by atoms with van der Waals surface area (Å²) in [5, 5.41) is 4.89. The second-order valence-electron chi connectivity index (χ2n) is 8.45. The Morgan fingerprint density at radius 2 is 2.00 bits per heavy atom. The Kier molecular flexibility index (Phi) is 7.35. The standard InChI is InChI=1S/C25H31N3O4S/c1-27(2)25-18(13-20-21(30-3)7-8-22(31-4)24(20)26-25)14-28(15-19-6-5-10-32-19)23(29)12-17-9-11-33-16-17/h7-9,11,13,16,19H,5-6,10,12,14-15H2,1-4H3/t19-/m1/s1. The van der Waals surface area contributed by atoms with E-state index in [1.54, 1.807) is 25.6 Å². The van der Waals surface area contributed by atoms with Crippen molar-refractivity contribution >= 4 is 34.0 Å². The number of rotatable bonds is 9. The molecule has 1 aliphatic rings. The summed E-state index contributed by atoms with van der Waals surface area (Å²) in [5.41, 5.74) is 2.73. The molecule has 0 unspecified atom stereocenters. The molecule has 1 fully saturated rings. The average molecular weight is 470 g/mol. The van der Waals surface area contributed by atoms with Crippen molar-refractivity contribution in [1.82, 2.24) is 9.88 Å². The average Bonchev–Trinajstić information content (AvgIpc) is 3.51. The van der Waals surface area contributed by atoms with E-state index < -0.39 is 0 Å². The summed E-state index contributed by atoms with van der Waals surface area (Å²) >= 11 is 1.61. The van der Waals surface area contributed by atoms with E-state index in [1.807, 2.05) is 52.9 Å². The third-order valence-electron chi connectivity index (χ3n) is 5.92. The summed E-state index contributed by atoms with van der Waals surface area (Å²) in [6, 6.07) is 7.82. The van der Waals surface area contributed by atoms with Crippen LogP contribution in [0.25, 0.3) is 10.9 Å². The van der Waals surface area contributed by atoms with Crippen molar-refractivity contribution in [2.24, 2.45) is 0 Å². The first-order valence-corrected chi connectivity index (χ1v) is 12.1. The normalized spacial score (nSPS) is 15.6. The largest absolute Gasteiger partial charge is 0.496 e. The fourth-order valence-corrected chi connectivity index (χ4v) is 4.93. The highest BCUT2D eigenvalue weighted by Gasteiger charge is 2.25. The zero-order valence-corrected chi connectivity index (χ0v) is 20.5. The number of carbonyl (C=O) groups excluding carboxylic acids is 1. The predicted octanol–water partition coefficient (Wildman–Crippen LogP) is 4.13. The Morgan fingerprint density at radius 3 is 2.64 bits per heavy atom. The number of methoxy groups -OCH3 is 2. The number of aromatic nitrogens is 1. The SMILES string of the molecule is COc1ccc(OC)c2nc(N(C)C)c(CN(C[C@H]3CCCO3)C(=O)Cc3ccsc3)cc12. The summed E-state index contributed by atoms with van der Waals surface area (Å²) in [7, 11) is 7.21. The highest BCUT2D eigenvalue weighted by atomic mass is 32.1. The quantitative estimate of drug-likeness (QED) is 0.470. The van der Waals surface area contributed by atoms with Crippen LogP contribution in [0.4, 0.5) is 5.82 Å². The molecule has 3 heterocycles. The smallest absolute Gasteiger partial charge is 0.227 e. The van der Waals surface area contributed by atoms with Crippen molar-refractivity contribution in [2.75, 3.05) is 46.4 Å². The van der Waals surface area contributed by atoms with Crippen LogP contribution in [0, 0.1) is 0 Å². The van der Waals surface area contributed by atoms with E-state index in [0.29, 0.717) is 25.3 Å². The molecule has 1 aliphatic heterocycles. The molecule has 7 nitrogen and oxygen atoms in total. The van der Waals surface area contributed by atoms with Crippen LogP contribution in [0.1, 0.15) is 24.0 Å². The van der Waals surface area contributed by atoms with E-state index in [4.69, 9.17) is 19.2 Å². The second kappa shape index (κ2) is 10.4. The van der Waals surface area contributed by atoms with Crippen LogP contribution in [0.3, 0.4) is 0 Å². The Balaban J connectivity index is 1.72. The molecule has 1 amide bonds.